The van der Waals surface area contributed by atoms with E-state index in [4.69, 9.17) is 17.3 Å². The van der Waals surface area contributed by atoms with Gasteiger partial charge in [0.15, 0.2) is 0 Å². The minimum absolute atomic E-state index is 0. The van der Waals surface area contributed by atoms with E-state index in [-0.39, 0.29) is 28.4 Å². The van der Waals surface area contributed by atoms with Crippen molar-refractivity contribution < 1.29 is 8.42 Å². The molecule has 2 rings (SSSR count). The molecule has 120 valence electrons. The summed E-state index contributed by atoms with van der Waals surface area (Å²) in [5.74, 6) is 0.368. The van der Waals surface area contributed by atoms with Crippen LogP contribution in [0.4, 0.5) is 0 Å². The maximum absolute atomic E-state index is 12.5. The van der Waals surface area contributed by atoms with E-state index >= 15 is 0 Å². The van der Waals surface area contributed by atoms with Gasteiger partial charge in [-0.1, -0.05) is 31.0 Å². The number of hydrogen-bond acceptors (Lipinski definition) is 3. The van der Waals surface area contributed by atoms with Gasteiger partial charge < -0.3 is 5.73 Å². The van der Waals surface area contributed by atoms with Crippen molar-refractivity contribution >= 4 is 34.0 Å². The lowest BCUT2D eigenvalue weighted by Gasteiger charge is -2.17. The number of rotatable bonds is 7. The van der Waals surface area contributed by atoms with Crippen LogP contribution in [0.15, 0.2) is 23.1 Å². The van der Waals surface area contributed by atoms with Gasteiger partial charge in [-0.2, -0.15) is 0 Å². The first-order valence-electron chi connectivity index (χ1n) is 6.98. The van der Waals surface area contributed by atoms with Crippen molar-refractivity contribution in [2.24, 2.45) is 11.7 Å². The molecule has 0 radical (unpaired) electrons. The Morgan fingerprint density at radius 1 is 1.43 bits per heavy atom. The van der Waals surface area contributed by atoms with Crippen molar-refractivity contribution in [2.45, 2.75) is 43.5 Å². The molecule has 1 aliphatic rings. The second kappa shape index (κ2) is 7.79. The van der Waals surface area contributed by atoms with Gasteiger partial charge >= 0.3 is 0 Å². The number of hydrogen-bond donors (Lipinski definition) is 2. The van der Waals surface area contributed by atoms with Gasteiger partial charge in [0.2, 0.25) is 10.0 Å². The third kappa shape index (κ3) is 4.83. The van der Waals surface area contributed by atoms with Gasteiger partial charge in [0.25, 0.3) is 0 Å². The van der Waals surface area contributed by atoms with Gasteiger partial charge in [-0.25, -0.2) is 13.1 Å². The van der Waals surface area contributed by atoms with Crippen molar-refractivity contribution in [1.29, 1.82) is 0 Å². The van der Waals surface area contributed by atoms with Crippen LogP contribution in [0.2, 0.25) is 5.02 Å². The van der Waals surface area contributed by atoms with Crippen molar-refractivity contribution in [3.8, 4) is 0 Å². The SMILES string of the molecule is CCCc1ccc(Cl)c(S(=O)(=O)NC(CN)C2CC2)c1.Cl. The summed E-state index contributed by atoms with van der Waals surface area (Å²) in [4.78, 5) is 0.157. The highest BCUT2D eigenvalue weighted by Gasteiger charge is 2.34. The standard InChI is InChI=1S/C14H21ClN2O2S.ClH/c1-2-3-10-4-7-12(15)14(8-10)20(18,19)17-13(9-16)11-5-6-11;/h4,7-8,11,13,17H,2-3,5-6,9,16H2,1H3;1H. The average molecular weight is 353 g/mol. The highest BCUT2D eigenvalue weighted by Crippen LogP contribution is 2.33. The fourth-order valence-corrected chi connectivity index (χ4v) is 4.16. The molecule has 4 nitrogen and oxygen atoms in total. The number of sulfonamides is 1. The molecule has 0 aromatic heterocycles. The summed E-state index contributed by atoms with van der Waals surface area (Å²) in [6, 6.07) is 4.99. The van der Waals surface area contributed by atoms with Gasteiger partial charge in [-0.3, -0.25) is 0 Å². The van der Waals surface area contributed by atoms with Crippen LogP contribution in [0.1, 0.15) is 31.7 Å². The van der Waals surface area contributed by atoms with E-state index < -0.39 is 10.0 Å². The third-order valence-electron chi connectivity index (χ3n) is 3.58. The van der Waals surface area contributed by atoms with E-state index in [9.17, 15) is 8.42 Å². The number of nitrogens with two attached hydrogens (primary N) is 1. The number of halogens is 2. The van der Waals surface area contributed by atoms with E-state index in [1.807, 2.05) is 6.07 Å². The summed E-state index contributed by atoms with van der Waals surface area (Å²) < 4.78 is 27.6. The lowest BCUT2D eigenvalue weighted by atomic mass is 10.1. The lowest BCUT2D eigenvalue weighted by molar-refractivity contribution is 0.519. The molecule has 1 aromatic rings. The first kappa shape index (κ1) is 18.7. The molecule has 1 unspecified atom stereocenters. The van der Waals surface area contributed by atoms with Crippen molar-refractivity contribution in [3.05, 3.63) is 28.8 Å². The van der Waals surface area contributed by atoms with Crippen LogP contribution in [-0.2, 0) is 16.4 Å². The molecule has 1 aliphatic carbocycles. The van der Waals surface area contributed by atoms with Crippen LogP contribution in [-0.4, -0.2) is 21.0 Å². The van der Waals surface area contributed by atoms with Crippen LogP contribution in [0.5, 0.6) is 0 Å². The van der Waals surface area contributed by atoms with Crippen LogP contribution in [0, 0.1) is 5.92 Å². The molecule has 0 bridgehead atoms. The van der Waals surface area contributed by atoms with E-state index in [1.54, 1.807) is 12.1 Å². The summed E-state index contributed by atoms with van der Waals surface area (Å²) in [5.41, 5.74) is 6.63. The predicted molar refractivity (Wildman–Crippen MR) is 88.6 cm³/mol. The second-order valence-electron chi connectivity index (χ2n) is 5.32. The molecule has 1 fully saturated rings. The Hall–Kier alpha value is -0.330. The van der Waals surface area contributed by atoms with Gasteiger partial charge in [0, 0.05) is 12.6 Å². The zero-order chi connectivity index (χ0) is 14.8. The van der Waals surface area contributed by atoms with Crippen LogP contribution < -0.4 is 10.5 Å². The molecule has 1 aromatic carbocycles. The molecule has 0 aliphatic heterocycles. The summed E-state index contributed by atoms with van der Waals surface area (Å²) in [6.07, 6.45) is 3.87. The molecule has 0 spiro atoms. The molecule has 1 atom stereocenters. The Labute approximate surface area is 137 Å². The monoisotopic (exact) mass is 352 g/mol. The number of aryl methyl sites for hydroxylation is 1. The normalized spacial score (nSPS) is 16.3. The summed E-state index contributed by atoms with van der Waals surface area (Å²) in [6.45, 7) is 2.37. The van der Waals surface area contributed by atoms with Gasteiger partial charge in [-0.15, -0.1) is 12.4 Å². The predicted octanol–water partition coefficient (Wildman–Crippen LogP) is 2.73. The quantitative estimate of drug-likeness (QED) is 0.792. The van der Waals surface area contributed by atoms with Crippen LogP contribution in [0.25, 0.3) is 0 Å². The lowest BCUT2D eigenvalue weighted by Crippen LogP contribution is -2.41. The Kier molecular flexibility index (Phi) is 6.94. The smallest absolute Gasteiger partial charge is 0.242 e. The van der Waals surface area contributed by atoms with Gasteiger partial charge in [0.1, 0.15) is 4.90 Å². The van der Waals surface area contributed by atoms with Crippen LogP contribution >= 0.6 is 24.0 Å². The first-order valence-corrected chi connectivity index (χ1v) is 8.85. The number of nitrogens with one attached hydrogen (secondary N) is 1. The summed E-state index contributed by atoms with van der Waals surface area (Å²) >= 11 is 6.05. The van der Waals surface area contributed by atoms with Crippen molar-refractivity contribution in [1.82, 2.24) is 4.72 Å². The Bertz CT molecular complexity index is 574. The maximum Gasteiger partial charge on any atom is 0.242 e. The number of benzene rings is 1. The first-order chi connectivity index (χ1) is 9.47. The topological polar surface area (TPSA) is 72.2 Å². The van der Waals surface area contributed by atoms with E-state index in [2.05, 4.69) is 11.6 Å². The van der Waals surface area contributed by atoms with Crippen molar-refractivity contribution in [3.63, 3.8) is 0 Å². The zero-order valence-corrected chi connectivity index (χ0v) is 14.4. The average Bonchev–Trinajstić information content (AvgIpc) is 3.23. The summed E-state index contributed by atoms with van der Waals surface area (Å²) in [7, 11) is -3.61. The van der Waals surface area contributed by atoms with E-state index in [0.717, 1.165) is 31.2 Å². The largest absolute Gasteiger partial charge is 0.329 e. The molecule has 1 saturated carbocycles. The van der Waals surface area contributed by atoms with Gasteiger partial charge in [-0.05, 0) is 42.9 Å². The minimum Gasteiger partial charge on any atom is -0.329 e. The molecule has 21 heavy (non-hydrogen) atoms. The second-order valence-corrected chi connectivity index (χ2v) is 7.41. The Morgan fingerprint density at radius 3 is 2.62 bits per heavy atom. The Balaban J connectivity index is 0.00000220. The van der Waals surface area contributed by atoms with Crippen molar-refractivity contribution in [2.75, 3.05) is 6.54 Å². The van der Waals surface area contributed by atoms with E-state index in [0.29, 0.717) is 12.5 Å². The third-order valence-corrected chi connectivity index (χ3v) is 5.55. The van der Waals surface area contributed by atoms with Gasteiger partial charge in [0.05, 0.1) is 5.02 Å². The fourth-order valence-electron chi connectivity index (χ4n) is 2.30. The molecule has 0 heterocycles. The molecular weight excluding hydrogens is 331 g/mol. The maximum atomic E-state index is 12.5. The zero-order valence-electron chi connectivity index (χ0n) is 12.0. The van der Waals surface area contributed by atoms with Crippen LogP contribution in [0.3, 0.4) is 0 Å². The minimum atomic E-state index is -3.61. The highest BCUT2D eigenvalue weighted by atomic mass is 35.5. The molecule has 0 saturated heterocycles. The summed E-state index contributed by atoms with van der Waals surface area (Å²) in [5, 5.41) is 0.254. The highest BCUT2D eigenvalue weighted by molar-refractivity contribution is 7.89. The molecular formula is C14H22Cl2N2O2S. The molecule has 7 heteroatoms. The van der Waals surface area contributed by atoms with E-state index in [1.165, 1.54) is 0 Å². The Morgan fingerprint density at radius 2 is 2.10 bits per heavy atom. The molecule has 3 N–H and O–H groups in total. The fraction of sp³-hybridized carbons (Fsp3) is 0.571. The molecule has 0 amide bonds.